The van der Waals surface area contributed by atoms with E-state index in [-0.39, 0.29) is 5.91 Å². The Morgan fingerprint density at radius 1 is 1.14 bits per heavy atom. The molecule has 0 spiro atoms. The normalized spacial score (nSPS) is 12.0. The summed E-state index contributed by atoms with van der Waals surface area (Å²) in [6.45, 7) is 6.12. The molecule has 1 atom stereocenters. The molecule has 2 aromatic rings. The maximum absolute atomic E-state index is 11.9. The number of hydrogen-bond donors (Lipinski definition) is 2. The molecule has 1 unspecified atom stereocenters. The number of nitrogens with one attached hydrogen (secondary N) is 1. The van der Waals surface area contributed by atoms with Crippen LogP contribution >= 0.6 is 11.8 Å². The number of nitrogens with two attached hydrogens (primary N) is 1. The third-order valence-electron chi connectivity index (χ3n) is 3.59. The second-order valence-electron chi connectivity index (χ2n) is 5.38. The molecular formula is C18H22N2OS. The zero-order chi connectivity index (χ0) is 16.1. The highest BCUT2D eigenvalue weighted by atomic mass is 32.2. The average molecular weight is 314 g/mol. The van der Waals surface area contributed by atoms with Gasteiger partial charge in [0.05, 0.1) is 6.04 Å². The number of anilines is 1. The molecule has 2 rings (SSSR count). The van der Waals surface area contributed by atoms with Crippen molar-refractivity contribution in [3.63, 3.8) is 0 Å². The molecule has 0 saturated carbocycles. The molecule has 0 radical (unpaired) electrons. The molecular weight excluding hydrogens is 292 g/mol. The van der Waals surface area contributed by atoms with Crippen LogP contribution in [0.5, 0.6) is 0 Å². The smallest absolute Gasteiger partial charge is 0.241 e. The molecule has 22 heavy (non-hydrogen) atoms. The van der Waals surface area contributed by atoms with Crippen molar-refractivity contribution in [1.29, 1.82) is 0 Å². The molecule has 4 heteroatoms. The third-order valence-corrected chi connectivity index (χ3v) is 4.57. The summed E-state index contributed by atoms with van der Waals surface area (Å²) in [5, 5.41) is 2.86. The van der Waals surface area contributed by atoms with Crippen molar-refractivity contribution in [1.82, 2.24) is 0 Å². The van der Waals surface area contributed by atoms with E-state index in [1.165, 1.54) is 16.0 Å². The quantitative estimate of drug-likeness (QED) is 0.872. The molecule has 3 N–H and O–H groups in total. The van der Waals surface area contributed by atoms with E-state index in [2.05, 4.69) is 37.4 Å². The van der Waals surface area contributed by atoms with E-state index in [9.17, 15) is 4.79 Å². The Kier molecular flexibility index (Phi) is 5.63. The number of carbonyl (C=O) groups excluding carboxylic acids is 1. The highest BCUT2D eigenvalue weighted by molar-refractivity contribution is 7.99. The summed E-state index contributed by atoms with van der Waals surface area (Å²) in [6, 6.07) is 13.8. The summed E-state index contributed by atoms with van der Waals surface area (Å²) in [5.41, 5.74) is 9.09. The zero-order valence-corrected chi connectivity index (χ0v) is 14.0. The van der Waals surface area contributed by atoms with E-state index in [0.717, 1.165) is 10.6 Å². The lowest BCUT2D eigenvalue weighted by molar-refractivity contribution is -0.117. The summed E-state index contributed by atoms with van der Waals surface area (Å²) < 4.78 is 0. The minimum absolute atomic E-state index is 0.143. The predicted octanol–water partition coefficient (Wildman–Crippen LogP) is 4.13. The van der Waals surface area contributed by atoms with Crippen molar-refractivity contribution < 1.29 is 4.79 Å². The topological polar surface area (TPSA) is 55.1 Å². The Morgan fingerprint density at radius 2 is 1.86 bits per heavy atom. The molecule has 0 saturated heterocycles. The van der Waals surface area contributed by atoms with Gasteiger partial charge in [0.15, 0.2) is 0 Å². The number of benzene rings is 2. The van der Waals surface area contributed by atoms with E-state index >= 15 is 0 Å². The van der Waals surface area contributed by atoms with Gasteiger partial charge in [0.2, 0.25) is 5.91 Å². The molecule has 3 nitrogen and oxygen atoms in total. The fourth-order valence-corrected chi connectivity index (χ4v) is 2.95. The number of rotatable bonds is 5. The van der Waals surface area contributed by atoms with Gasteiger partial charge in [0.1, 0.15) is 0 Å². The minimum atomic E-state index is -0.462. The van der Waals surface area contributed by atoms with Crippen molar-refractivity contribution in [2.45, 2.75) is 43.0 Å². The number of carbonyl (C=O) groups is 1. The van der Waals surface area contributed by atoms with Gasteiger partial charge in [-0.1, -0.05) is 30.8 Å². The Morgan fingerprint density at radius 3 is 2.55 bits per heavy atom. The number of aryl methyl sites for hydroxylation is 2. The Hall–Kier alpha value is -1.78. The monoisotopic (exact) mass is 314 g/mol. The predicted molar refractivity (Wildman–Crippen MR) is 93.4 cm³/mol. The van der Waals surface area contributed by atoms with Gasteiger partial charge >= 0.3 is 0 Å². The van der Waals surface area contributed by atoms with Crippen LogP contribution < -0.4 is 11.1 Å². The van der Waals surface area contributed by atoms with Crippen LogP contribution in [0.3, 0.4) is 0 Å². The van der Waals surface area contributed by atoms with Crippen LogP contribution in [-0.2, 0) is 4.79 Å². The van der Waals surface area contributed by atoms with E-state index in [0.29, 0.717) is 6.42 Å². The lowest BCUT2D eigenvalue weighted by atomic mass is 10.1. The largest absolute Gasteiger partial charge is 0.325 e. The van der Waals surface area contributed by atoms with Crippen LogP contribution in [-0.4, -0.2) is 11.9 Å². The van der Waals surface area contributed by atoms with E-state index in [1.807, 2.05) is 31.2 Å². The summed E-state index contributed by atoms with van der Waals surface area (Å²) >= 11 is 1.68. The fourth-order valence-electron chi connectivity index (χ4n) is 1.97. The third kappa shape index (κ3) is 4.36. The summed E-state index contributed by atoms with van der Waals surface area (Å²) in [7, 11) is 0. The van der Waals surface area contributed by atoms with Crippen molar-refractivity contribution in [3.05, 3.63) is 53.6 Å². The molecule has 0 fully saturated rings. The lowest BCUT2D eigenvalue weighted by Crippen LogP contribution is -2.34. The van der Waals surface area contributed by atoms with Crippen LogP contribution in [0, 0.1) is 13.8 Å². The standard InChI is InChI=1S/C18H22N2OS/c1-4-17(19)18(21)20-14-6-5-7-15(11-14)22-16-9-8-12(2)13(3)10-16/h5-11,17H,4,19H2,1-3H3,(H,20,21). The molecule has 2 aromatic carbocycles. The molecule has 0 bridgehead atoms. The molecule has 1 amide bonds. The first-order chi connectivity index (χ1) is 10.5. The summed E-state index contributed by atoms with van der Waals surface area (Å²) in [4.78, 5) is 14.1. The lowest BCUT2D eigenvalue weighted by Gasteiger charge is -2.11. The van der Waals surface area contributed by atoms with Crippen molar-refractivity contribution in [2.24, 2.45) is 5.73 Å². The first-order valence-electron chi connectivity index (χ1n) is 7.41. The Labute approximate surface area is 136 Å². The van der Waals surface area contributed by atoms with Gasteiger partial charge in [-0.15, -0.1) is 0 Å². The first-order valence-corrected chi connectivity index (χ1v) is 8.23. The van der Waals surface area contributed by atoms with Crippen LogP contribution in [0.25, 0.3) is 0 Å². The van der Waals surface area contributed by atoms with Crippen LogP contribution in [0.15, 0.2) is 52.3 Å². The van der Waals surface area contributed by atoms with E-state index in [4.69, 9.17) is 5.73 Å². The van der Waals surface area contributed by atoms with Gasteiger partial charge in [0, 0.05) is 15.5 Å². The molecule has 0 heterocycles. The van der Waals surface area contributed by atoms with Crippen LogP contribution in [0.4, 0.5) is 5.69 Å². The fraction of sp³-hybridized carbons (Fsp3) is 0.278. The van der Waals surface area contributed by atoms with Gasteiger partial charge in [0.25, 0.3) is 0 Å². The minimum Gasteiger partial charge on any atom is -0.325 e. The number of hydrogen-bond acceptors (Lipinski definition) is 3. The van der Waals surface area contributed by atoms with Crippen molar-refractivity contribution in [2.75, 3.05) is 5.32 Å². The molecule has 116 valence electrons. The summed E-state index contributed by atoms with van der Waals surface area (Å²) in [6.07, 6.45) is 0.628. The molecule has 0 aliphatic carbocycles. The number of amides is 1. The molecule has 0 aliphatic heterocycles. The van der Waals surface area contributed by atoms with Crippen LogP contribution in [0.2, 0.25) is 0 Å². The van der Waals surface area contributed by atoms with Crippen molar-refractivity contribution in [3.8, 4) is 0 Å². The van der Waals surface area contributed by atoms with E-state index < -0.39 is 6.04 Å². The van der Waals surface area contributed by atoms with Gasteiger partial charge in [-0.2, -0.15) is 0 Å². The molecule has 0 aromatic heterocycles. The first kappa shape index (κ1) is 16.6. The van der Waals surface area contributed by atoms with Gasteiger partial charge in [-0.25, -0.2) is 0 Å². The molecule has 0 aliphatic rings. The highest BCUT2D eigenvalue weighted by Crippen LogP contribution is 2.30. The highest BCUT2D eigenvalue weighted by Gasteiger charge is 2.11. The van der Waals surface area contributed by atoms with Gasteiger partial charge in [-0.05, 0) is 61.7 Å². The summed E-state index contributed by atoms with van der Waals surface area (Å²) in [5.74, 6) is -0.143. The maximum atomic E-state index is 11.9. The average Bonchev–Trinajstić information content (AvgIpc) is 2.50. The van der Waals surface area contributed by atoms with Gasteiger partial charge < -0.3 is 11.1 Å². The second kappa shape index (κ2) is 7.47. The maximum Gasteiger partial charge on any atom is 0.241 e. The Balaban J connectivity index is 2.11. The van der Waals surface area contributed by atoms with Crippen LogP contribution in [0.1, 0.15) is 24.5 Å². The van der Waals surface area contributed by atoms with Gasteiger partial charge in [-0.3, -0.25) is 4.79 Å². The SMILES string of the molecule is CCC(N)C(=O)Nc1cccc(Sc2ccc(C)c(C)c2)c1. The second-order valence-corrected chi connectivity index (χ2v) is 6.53. The Bertz CT molecular complexity index is 670. The van der Waals surface area contributed by atoms with E-state index in [1.54, 1.807) is 11.8 Å². The van der Waals surface area contributed by atoms with Crippen molar-refractivity contribution >= 4 is 23.4 Å². The zero-order valence-electron chi connectivity index (χ0n) is 13.2.